The fourth-order valence-corrected chi connectivity index (χ4v) is 2.44. The Hall–Kier alpha value is -1.84. The van der Waals surface area contributed by atoms with Gasteiger partial charge in [0.25, 0.3) is 5.56 Å². The van der Waals surface area contributed by atoms with Crippen molar-refractivity contribution >= 4 is 11.0 Å². The molecule has 0 saturated carbocycles. The topological polar surface area (TPSA) is 38.1 Å². The van der Waals surface area contributed by atoms with Crippen LogP contribution in [-0.4, -0.2) is 22.7 Å². The normalized spacial score (nSPS) is 10.9. The van der Waals surface area contributed by atoms with Gasteiger partial charge < -0.3 is 5.01 Å². The van der Waals surface area contributed by atoms with Crippen molar-refractivity contribution < 1.29 is 0 Å². The summed E-state index contributed by atoms with van der Waals surface area (Å²) in [4.78, 5) is 17.1. The number of aryl methyl sites for hydroxylation is 1. The Kier molecular flexibility index (Phi) is 4.77. The summed E-state index contributed by atoms with van der Waals surface area (Å²) in [5, 5.41) is 3.12. The third-order valence-corrected chi connectivity index (χ3v) is 3.61. The first-order valence-electron chi connectivity index (χ1n) is 7.47. The van der Waals surface area contributed by atoms with Gasteiger partial charge in [0.15, 0.2) is 5.65 Å². The molecule has 20 heavy (non-hydrogen) atoms. The maximum Gasteiger partial charge on any atom is 0.274 e. The molecule has 0 radical (unpaired) electrons. The zero-order valence-corrected chi connectivity index (χ0v) is 12.6. The second-order valence-electron chi connectivity index (χ2n) is 4.96. The average molecular weight is 273 g/mol. The molecule has 2 aromatic heterocycles. The van der Waals surface area contributed by atoms with Crippen LogP contribution in [0, 0.1) is 0 Å². The van der Waals surface area contributed by atoms with Gasteiger partial charge in [0, 0.05) is 30.2 Å². The molecule has 2 heterocycles. The van der Waals surface area contributed by atoms with Gasteiger partial charge in [-0.3, -0.25) is 4.79 Å². The van der Waals surface area contributed by atoms with Crippen molar-refractivity contribution in [3.8, 4) is 0 Å². The zero-order chi connectivity index (χ0) is 14.5. The minimum Gasteiger partial charge on any atom is -0.308 e. The van der Waals surface area contributed by atoms with Crippen LogP contribution in [0.1, 0.15) is 39.2 Å². The lowest BCUT2D eigenvalue weighted by Crippen LogP contribution is -2.44. The number of hydrogen-bond donors (Lipinski definition) is 0. The summed E-state index contributed by atoms with van der Waals surface area (Å²) in [5.41, 5.74) is 1.67. The molecule has 4 heteroatoms. The Labute approximate surface area is 120 Å². The second-order valence-corrected chi connectivity index (χ2v) is 4.96. The lowest BCUT2D eigenvalue weighted by molar-refractivity contribution is 0.569. The molecule has 2 aromatic rings. The van der Waals surface area contributed by atoms with Crippen molar-refractivity contribution in [3.63, 3.8) is 0 Å². The van der Waals surface area contributed by atoms with Crippen molar-refractivity contribution in [1.82, 2.24) is 9.66 Å². The predicted molar refractivity (Wildman–Crippen MR) is 83.9 cm³/mol. The first-order chi connectivity index (χ1) is 9.72. The third kappa shape index (κ3) is 2.69. The molecule has 0 aromatic carbocycles. The Bertz CT molecular complexity index is 633. The summed E-state index contributed by atoms with van der Waals surface area (Å²) < 4.78 is 1.77. The lowest BCUT2D eigenvalue weighted by atomic mass is 10.1. The Balaban J connectivity index is 2.64. The highest BCUT2D eigenvalue weighted by Gasteiger charge is 2.13. The summed E-state index contributed by atoms with van der Waals surface area (Å²) in [6.45, 7) is 7.95. The smallest absolute Gasteiger partial charge is 0.274 e. The van der Waals surface area contributed by atoms with Gasteiger partial charge in [0.2, 0.25) is 0 Å². The van der Waals surface area contributed by atoms with Gasteiger partial charge in [-0.25, -0.2) is 9.66 Å². The van der Waals surface area contributed by atoms with Crippen LogP contribution < -0.4 is 10.6 Å². The highest BCUT2D eigenvalue weighted by Crippen LogP contribution is 2.12. The van der Waals surface area contributed by atoms with E-state index in [4.69, 9.17) is 0 Å². The Morgan fingerprint density at radius 2 is 2.10 bits per heavy atom. The summed E-state index contributed by atoms with van der Waals surface area (Å²) in [6, 6.07) is 5.90. The molecule has 0 unspecified atom stereocenters. The standard InChI is InChI=1S/C16H23N3O/c1-4-7-11-18(6-3)19-15-14(9-8-10-17-15)12-13(5-2)16(19)20/h8-10,12H,4-7,11H2,1-3H3. The van der Waals surface area contributed by atoms with E-state index in [0.717, 1.165) is 48.9 Å². The first kappa shape index (κ1) is 14.6. The largest absolute Gasteiger partial charge is 0.308 e. The quantitative estimate of drug-likeness (QED) is 0.812. The van der Waals surface area contributed by atoms with E-state index < -0.39 is 0 Å². The molecule has 0 aliphatic heterocycles. The van der Waals surface area contributed by atoms with Crippen LogP contribution in [0.5, 0.6) is 0 Å². The maximum atomic E-state index is 12.7. The zero-order valence-electron chi connectivity index (χ0n) is 12.6. The number of pyridine rings is 2. The van der Waals surface area contributed by atoms with Crippen LogP contribution in [-0.2, 0) is 6.42 Å². The Morgan fingerprint density at radius 3 is 2.75 bits per heavy atom. The van der Waals surface area contributed by atoms with Gasteiger partial charge in [0.05, 0.1) is 0 Å². The number of aromatic nitrogens is 2. The monoisotopic (exact) mass is 273 g/mol. The molecule has 0 bridgehead atoms. The van der Waals surface area contributed by atoms with E-state index in [-0.39, 0.29) is 5.56 Å². The molecule has 0 spiro atoms. The van der Waals surface area contributed by atoms with Crippen LogP contribution in [0.25, 0.3) is 11.0 Å². The van der Waals surface area contributed by atoms with Gasteiger partial charge in [-0.2, -0.15) is 0 Å². The first-order valence-corrected chi connectivity index (χ1v) is 7.47. The minimum atomic E-state index is 0.0663. The van der Waals surface area contributed by atoms with Crippen molar-refractivity contribution in [3.05, 3.63) is 40.3 Å². The molecular formula is C16H23N3O. The predicted octanol–water partition coefficient (Wildman–Crippen LogP) is 2.72. The van der Waals surface area contributed by atoms with E-state index >= 15 is 0 Å². The molecule has 0 aliphatic carbocycles. The molecule has 0 aliphatic rings. The van der Waals surface area contributed by atoms with Crippen LogP contribution in [0.2, 0.25) is 0 Å². The van der Waals surface area contributed by atoms with Crippen molar-refractivity contribution in [2.45, 2.75) is 40.0 Å². The van der Waals surface area contributed by atoms with Gasteiger partial charge in [0.1, 0.15) is 0 Å². The highest BCUT2D eigenvalue weighted by atomic mass is 16.1. The van der Waals surface area contributed by atoms with E-state index in [9.17, 15) is 4.79 Å². The van der Waals surface area contributed by atoms with Gasteiger partial charge in [-0.1, -0.05) is 20.3 Å². The molecule has 4 nitrogen and oxygen atoms in total. The highest BCUT2D eigenvalue weighted by molar-refractivity contribution is 5.75. The lowest BCUT2D eigenvalue weighted by Gasteiger charge is -2.26. The number of nitrogens with zero attached hydrogens (tertiary/aromatic N) is 3. The minimum absolute atomic E-state index is 0.0663. The maximum absolute atomic E-state index is 12.7. The van der Waals surface area contributed by atoms with E-state index in [0.29, 0.717) is 0 Å². The van der Waals surface area contributed by atoms with Crippen LogP contribution in [0.15, 0.2) is 29.2 Å². The van der Waals surface area contributed by atoms with Gasteiger partial charge in [-0.15, -0.1) is 0 Å². The van der Waals surface area contributed by atoms with E-state index in [1.807, 2.05) is 25.1 Å². The molecule has 0 N–H and O–H groups in total. The van der Waals surface area contributed by atoms with E-state index in [1.165, 1.54) is 0 Å². The molecule has 0 amide bonds. The SMILES string of the molecule is CCCCN(CC)n1c(=O)c(CC)cc2cccnc21. The number of fused-ring (bicyclic) bond motifs is 1. The fraction of sp³-hybridized carbons (Fsp3) is 0.500. The second kappa shape index (κ2) is 6.55. The summed E-state index contributed by atoms with van der Waals surface area (Å²) in [6.07, 6.45) is 4.68. The molecule has 0 atom stereocenters. The van der Waals surface area contributed by atoms with Crippen molar-refractivity contribution in [1.29, 1.82) is 0 Å². The van der Waals surface area contributed by atoms with Crippen LogP contribution in [0.4, 0.5) is 0 Å². The third-order valence-electron chi connectivity index (χ3n) is 3.61. The fourth-order valence-electron chi connectivity index (χ4n) is 2.44. The summed E-state index contributed by atoms with van der Waals surface area (Å²) >= 11 is 0. The Morgan fingerprint density at radius 1 is 1.30 bits per heavy atom. The molecular weight excluding hydrogens is 250 g/mol. The van der Waals surface area contributed by atoms with Crippen LogP contribution in [0.3, 0.4) is 0 Å². The summed E-state index contributed by atoms with van der Waals surface area (Å²) in [5.74, 6) is 0. The van der Waals surface area contributed by atoms with E-state index in [1.54, 1.807) is 10.9 Å². The van der Waals surface area contributed by atoms with Crippen molar-refractivity contribution in [2.24, 2.45) is 0 Å². The van der Waals surface area contributed by atoms with Crippen LogP contribution >= 0.6 is 0 Å². The van der Waals surface area contributed by atoms with Crippen molar-refractivity contribution in [2.75, 3.05) is 18.1 Å². The van der Waals surface area contributed by atoms with Gasteiger partial charge in [-0.05, 0) is 38.0 Å². The average Bonchev–Trinajstić information content (AvgIpc) is 2.49. The molecule has 108 valence electrons. The number of hydrogen-bond acceptors (Lipinski definition) is 3. The number of rotatable bonds is 6. The summed E-state index contributed by atoms with van der Waals surface area (Å²) in [7, 11) is 0. The number of unbranched alkanes of at least 4 members (excludes halogenated alkanes) is 1. The van der Waals surface area contributed by atoms with E-state index in [2.05, 4.69) is 23.8 Å². The molecule has 0 fully saturated rings. The molecule has 2 rings (SSSR count). The van der Waals surface area contributed by atoms with Gasteiger partial charge >= 0.3 is 0 Å². The molecule has 0 saturated heterocycles.